The van der Waals surface area contributed by atoms with Gasteiger partial charge in [-0.25, -0.2) is 0 Å². The number of nitrogens with two attached hydrogens (primary N) is 1. The molecule has 4 nitrogen and oxygen atoms in total. The minimum absolute atomic E-state index is 0.140. The standard InChI is InChI=1S/C10H22N2O2/c1-3-14-9-4-8(5-9)12-7-10(6-11)13-2/h8-10,12H,3-7,11H2,1-2H3. The molecular formula is C10H22N2O2. The topological polar surface area (TPSA) is 56.5 Å². The highest BCUT2D eigenvalue weighted by Gasteiger charge is 2.29. The maximum Gasteiger partial charge on any atom is 0.0817 e. The van der Waals surface area contributed by atoms with Gasteiger partial charge in [-0.3, -0.25) is 0 Å². The lowest BCUT2D eigenvalue weighted by Crippen LogP contribution is -2.48. The average Bonchev–Trinajstić information content (AvgIpc) is 2.15. The smallest absolute Gasteiger partial charge is 0.0817 e. The first kappa shape index (κ1) is 11.9. The van der Waals surface area contributed by atoms with E-state index in [9.17, 15) is 0 Å². The molecule has 1 aliphatic rings. The summed E-state index contributed by atoms with van der Waals surface area (Å²) in [6, 6.07) is 0.593. The zero-order valence-electron chi connectivity index (χ0n) is 9.16. The molecular weight excluding hydrogens is 180 g/mol. The Kier molecular flexibility index (Phi) is 5.40. The summed E-state index contributed by atoms with van der Waals surface area (Å²) in [7, 11) is 1.70. The molecule has 0 aromatic carbocycles. The van der Waals surface area contributed by atoms with Crippen molar-refractivity contribution in [1.29, 1.82) is 0 Å². The molecule has 0 aliphatic heterocycles. The van der Waals surface area contributed by atoms with E-state index >= 15 is 0 Å². The van der Waals surface area contributed by atoms with E-state index in [4.69, 9.17) is 15.2 Å². The zero-order chi connectivity index (χ0) is 10.4. The molecule has 0 radical (unpaired) electrons. The van der Waals surface area contributed by atoms with E-state index in [1.165, 1.54) is 0 Å². The van der Waals surface area contributed by atoms with Gasteiger partial charge in [0.15, 0.2) is 0 Å². The van der Waals surface area contributed by atoms with Gasteiger partial charge in [-0.05, 0) is 19.8 Å². The first-order chi connectivity index (χ1) is 6.80. The minimum Gasteiger partial charge on any atom is -0.379 e. The Labute approximate surface area is 86.1 Å². The van der Waals surface area contributed by atoms with Crippen LogP contribution in [0.25, 0.3) is 0 Å². The molecule has 0 bridgehead atoms. The van der Waals surface area contributed by atoms with Crippen LogP contribution in [0.3, 0.4) is 0 Å². The fourth-order valence-electron chi connectivity index (χ4n) is 1.67. The third-order valence-electron chi connectivity index (χ3n) is 2.73. The Morgan fingerprint density at radius 1 is 1.50 bits per heavy atom. The number of methoxy groups -OCH3 is 1. The maximum atomic E-state index is 5.51. The molecule has 0 amide bonds. The van der Waals surface area contributed by atoms with Crippen molar-refractivity contribution in [3.05, 3.63) is 0 Å². The van der Waals surface area contributed by atoms with Crippen LogP contribution in [0.2, 0.25) is 0 Å². The Bertz CT molecular complexity index is 145. The molecule has 84 valence electrons. The van der Waals surface area contributed by atoms with Crippen molar-refractivity contribution in [2.24, 2.45) is 5.73 Å². The van der Waals surface area contributed by atoms with Gasteiger partial charge in [0.2, 0.25) is 0 Å². The summed E-state index contributed by atoms with van der Waals surface area (Å²) in [5.41, 5.74) is 5.51. The highest BCUT2D eigenvalue weighted by Crippen LogP contribution is 2.22. The van der Waals surface area contributed by atoms with Gasteiger partial charge in [0.05, 0.1) is 12.2 Å². The van der Waals surface area contributed by atoms with Crippen LogP contribution in [-0.4, -0.2) is 45.1 Å². The van der Waals surface area contributed by atoms with Crippen molar-refractivity contribution in [1.82, 2.24) is 5.32 Å². The predicted molar refractivity (Wildman–Crippen MR) is 56.3 cm³/mol. The Hall–Kier alpha value is -0.160. The van der Waals surface area contributed by atoms with Crippen LogP contribution in [0.4, 0.5) is 0 Å². The van der Waals surface area contributed by atoms with Crippen molar-refractivity contribution in [3.8, 4) is 0 Å². The van der Waals surface area contributed by atoms with Gasteiger partial charge in [0.25, 0.3) is 0 Å². The normalized spacial score (nSPS) is 28.5. The van der Waals surface area contributed by atoms with Crippen molar-refractivity contribution < 1.29 is 9.47 Å². The molecule has 4 heteroatoms. The third-order valence-corrected chi connectivity index (χ3v) is 2.73. The Balaban J connectivity index is 1.99. The van der Waals surface area contributed by atoms with Crippen LogP contribution < -0.4 is 11.1 Å². The average molecular weight is 202 g/mol. The summed E-state index contributed by atoms with van der Waals surface area (Å²) < 4.78 is 10.6. The van der Waals surface area contributed by atoms with Gasteiger partial charge in [0, 0.05) is 32.8 Å². The molecule has 1 fully saturated rings. The second-order valence-electron chi connectivity index (χ2n) is 3.75. The number of hydrogen-bond donors (Lipinski definition) is 2. The van der Waals surface area contributed by atoms with Gasteiger partial charge in [0.1, 0.15) is 0 Å². The number of hydrogen-bond acceptors (Lipinski definition) is 4. The summed E-state index contributed by atoms with van der Waals surface area (Å²) in [6.45, 7) is 4.28. The molecule has 1 unspecified atom stereocenters. The zero-order valence-corrected chi connectivity index (χ0v) is 9.16. The monoisotopic (exact) mass is 202 g/mol. The maximum absolute atomic E-state index is 5.51. The van der Waals surface area contributed by atoms with Crippen LogP contribution in [0.1, 0.15) is 19.8 Å². The summed E-state index contributed by atoms with van der Waals surface area (Å²) in [5, 5.41) is 3.42. The molecule has 0 aromatic rings. The Morgan fingerprint density at radius 3 is 2.71 bits per heavy atom. The second kappa shape index (κ2) is 6.35. The Morgan fingerprint density at radius 2 is 2.21 bits per heavy atom. The number of nitrogens with one attached hydrogen (secondary N) is 1. The number of rotatable bonds is 7. The minimum atomic E-state index is 0.140. The molecule has 14 heavy (non-hydrogen) atoms. The SMILES string of the molecule is CCOC1CC(NCC(CN)OC)C1. The molecule has 0 aromatic heterocycles. The molecule has 1 atom stereocenters. The van der Waals surface area contributed by atoms with Crippen molar-refractivity contribution in [2.75, 3.05) is 26.8 Å². The molecule has 1 saturated carbocycles. The quantitative estimate of drug-likeness (QED) is 0.615. The van der Waals surface area contributed by atoms with Gasteiger partial charge in [-0.15, -0.1) is 0 Å². The molecule has 1 aliphatic carbocycles. The largest absolute Gasteiger partial charge is 0.379 e. The lowest BCUT2D eigenvalue weighted by atomic mass is 9.89. The molecule has 3 N–H and O–H groups in total. The molecule has 1 rings (SSSR count). The van der Waals surface area contributed by atoms with Crippen LogP contribution in [0.15, 0.2) is 0 Å². The van der Waals surface area contributed by atoms with Crippen LogP contribution in [0.5, 0.6) is 0 Å². The van der Waals surface area contributed by atoms with E-state index < -0.39 is 0 Å². The molecule has 0 saturated heterocycles. The van der Waals surface area contributed by atoms with Gasteiger partial charge in [-0.2, -0.15) is 0 Å². The van der Waals surface area contributed by atoms with E-state index in [-0.39, 0.29) is 6.10 Å². The van der Waals surface area contributed by atoms with E-state index in [0.29, 0.717) is 18.7 Å². The van der Waals surface area contributed by atoms with Crippen molar-refractivity contribution in [3.63, 3.8) is 0 Å². The number of ether oxygens (including phenoxy) is 2. The van der Waals surface area contributed by atoms with Crippen LogP contribution in [-0.2, 0) is 9.47 Å². The van der Waals surface area contributed by atoms with Gasteiger partial charge in [-0.1, -0.05) is 0 Å². The van der Waals surface area contributed by atoms with Gasteiger partial charge < -0.3 is 20.5 Å². The van der Waals surface area contributed by atoms with Crippen LogP contribution >= 0.6 is 0 Å². The predicted octanol–water partition coefficient (Wildman–Crippen LogP) is 0.117. The van der Waals surface area contributed by atoms with Gasteiger partial charge >= 0.3 is 0 Å². The highest BCUT2D eigenvalue weighted by atomic mass is 16.5. The molecule has 0 spiro atoms. The van der Waals surface area contributed by atoms with Crippen molar-refractivity contribution >= 4 is 0 Å². The third kappa shape index (κ3) is 3.53. The summed E-state index contributed by atoms with van der Waals surface area (Å²) in [5.74, 6) is 0. The lowest BCUT2D eigenvalue weighted by molar-refractivity contribution is -0.0133. The van der Waals surface area contributed by atoms with Crippen molar-refractivity contribution in [2.45, 2.75) is 38.0 Å². The summed E-state index contributed by atoms with van der Waals surface area (Å²) >= 11 is 0. The molecule has 0 heterocycles. The van der Waals surface area contributed by atoms with Crippen LogP contribution in [0, 0.1) is 0 Å². The first-order valence-electron chi connectivity index (χ1n) is 5.38. The summed E-state index contributed by atoms with van der Waals surface area (Å²) in [4.78, 5) is 0. The van der Waals surface area contributed by atoms with E-state index in [0.717, 1.165) is 26.0 Å². The van der Waals surface area contributed by atoms with E-state index in [1.807, 2.05) is 6.92 Å². The van der Waals surface area contributed by atoms with E-state index in [2.05, 4.69) is 5.32 Å². The van der Waals surface area contributed by atoms with E-state index in [1.54, 1.807) is 7.11 Å². The fourth-order valence-corrected chi connectivity index (χ4v) is 1.67. The highest BCUT2D eigenvalue weighted by molar-refractivity contribution is 4.86. The fraction of sp³-hybridized carbons (Fsp3) is 1.00. The first-order valence-corrected chi connectivity index (χ1v) is 5.38. The summed E-state index contributed by atoms with van der Waals surface area (Å²) in [6.07, 6.45) is 2.85. The second-order valence-corrected chi connectivity index (χ2v) is 3.75. The lowest BCUT2D eigenvalue weighted by Gasteiger charge is -2.36.